The molecule has 2 atom stereocenters. The average Bonchev–Trinajstić information content (AvgIpc) is 3.64. The van der Waals surface area contributed by atoms with Crippen LogP contribution in [0.2, 0.25) is 13.1 Å². The third-order valence-corrected chi connectivity index (χ3v) is 63.9. The Bertz CT molecular complexity index is 2200. The normalized spacial score (nSPS) is 18.1. The van der Waals surface area contributed by atoms with Crippen LogP contribution < -0.4 is 0 Å². The van der Waals surface area contributed by atoms with Gasteiger partial charge in [0.1, 0.15) is 0 Å². The zero-order valence-electron chi connectivity index (χ0n) is 29.8. The minimum absolute atomic E-state index is 0.0667. The topological polar surface area (TPSA) is 0 Å². The van der Waals surface area contributed by atoms with Gasteiger partial charge in [-0.25, -0.2) is 0 Å². The molecule has 5 aromatic carbocycles. The number of fused-ring (bicyclic) bond motifs is 3. The molecule has 0 saturated carbocycles. The van der Waals surface area contributed by atoms with Crippen molar-refractivity contribution >= 4 is 45.9 Å². The van der Waals surface area contributed by atoms with Gasteiger partial charge in [-0.05, 0) is 0 Å². The van der Waals surface area contributed by atoms with Crippen molar-refractivity contribution in [1.29, 1.82) is 0 Å². The predicted molar refractivity (Wildman–Crippen MR) is 213 cm³/mol. The van der Waals surface area contributed by atoms with Gasteiger partial charge >= 0.3 is 299 Å². The van der Waals surface area contributed by atoms with Crippen LogP contribution in [0.3, 0.4) is 0 Å². The summed E-state index contributed by atoms with van der Waals surface area (Å²) in [5.41, 5.74) is 18.7. The third kappa shape index (κ3) is 4.92. The monoisotopic (exact) mass is 763 g/mol. The van der Waals surface area contributed by atoms with E-state index in [1.165, 1.54) is 88.7 Å². The van der Waals surface area contributed by atoms with E-state index in [9.17, 15) is 0 Å². The van der Waals surface area contributed by atoms with Gasteiger partial charge in [-0.2, -0.15) is 0 Å². The van der Waals surface area contributed by atoms with Gasteiger partial charge in [-0.1, -0.05) is 0 Å². The SMILES string of the molecule is CC1=Cc2c(-c3ccc(C)c(C)c3C)ccc(C)c2[CH]1[Zr]([Cl])([Cl])([CH]1C(C(C)C)=Cc2c(-c3cccc4ccccc34)cccc21)[SiH](C)C. The van der Waals surface area contributed by atoms with Crippen LogP contribution in [-0.2, 0) is 15.6 Å². The van der Waals surface area contributed by atoms with Crippen molar-refractivity contribution in [2.45, 2.75) is 68.8 Å². The van der Waals surface area contributed by atoms with Crippen LogP contribution in [0.4, 0.5) is 0 Å². The van der Waals surface area contributed by atoms with Gasteiger partial charge in [0.25, 0.3) is 0 Å². The summed E-state index contributed by atoms with van der Waals surface area (Å²) in [7, 11) is 17.5. The molecule has 2 aliphatic carbocycles. The molecule has 0 spiro atoms. The first-order valence-corrected chi connectivity index (χ1v) is 33.9. The molecule has 7 rings (SSSR count). The van der Waals surface area contributed by atoms with Gasteiger partial charge in [0, 0.05) is 0 Å². The first kappa shape index (κ1) is 34.0. The summed E-state index contributed by atoms with van der Waals surface area (Å²) in [6.07, 6.45) is 4.94. The summed E-state index contributed by atoms with van der Waals surface area (Å²) in [6, 6.07) is 31.5. The van der Waals surface area contributed by atoms with Crippen LogP contribution in [0.1, 0.15) is 72.5 Å². The van der Waals surface area contributed by atoms with Crippen molar-refractivity contribution in [1.82, 2.24) is 0 Å². The Hall–Kier alpha value is -2.48. The van der Waals surface area contributed by atoms with Gasteiger partial charge in [0.2, 0.25) is 0 Å². The van der Waals surface area contributed by atoms with Crippen molar-refractivity contribution in [3.63, 3.8) is 0 Å². The van der Waals surface area contributed by atoms with Crippen LogP contribution >= 0.6 is 17.0 Å². The molecule has 0 bridgehead atoms. The molecule has 0 aliphatic heterocycles. The van der Waals surface area contributed by atoms with Crippen molar-refractivity contribution in [2.24, 2.45) is 5.92 Å². The molecule has 0 fully saturated rings. The molecule has 4 heteroatoms. The Kier molecular flexibility index (Phi) is 8.56. The number of hydrogen-bond donors (Lipinski definition) is 0. The quantitative estimate of drug-likeness (QED) is 0.151. The Morgan fingerprint density at radius 3 is 1.96 bits per heavy atom. The predicted octanol–water partition coefficient (Wildman–Crippen LogP) is 13.6. The Morgan fingerprint density at radius 1 is 0.604 bits per heavy atom. The first-order valence-electron chi connectivity index (χ1n) is 17.5. The fraction of sp³-hybridized carbons (Fsp3) is 0.273. The molecule has 0 amide bonds. The van der Waals surface area contributed by atoms with E-state index in [-0.39, 0.29) is 7.25 Å². The van der Waals surface area contributed by atoms with Crippen LogP contribution in [0.5, 0.6) is 0 Å². The van der Waals surface area contributed by atoms with E-state index in [1.54, 1.807) is 0 Å². The maximum atomic E-state index is 8.73. The van der Waals surface area contributed by atoms with Gasteiger partial charge in [-0.15, -0.1) is 0 Å². The van der Waals surface area contributed by atoms with E-state index in [2.05, 4.69) is 159 Å². The molecule has 0 radical (unpaired) electrons. The molecule has 0 nitrogen and oxygen atoms in total. The summed E-state index contributed by atoms with van der Waals surface area (Å²) in [4.78, 5) is 0. The number of benzene rings is 5. The summed E-state index contributed by atoms with van der Waals surface area (Å²) < 4.78 is 0.139. The first-order chi connectivity index (χ1) is 22.7. The standard InChI is InChI=1S/C22H19.C20H21.C2H7Si.2ClH.Zr/c1-15(2)18-13-17-9-6-12-21(22(17)14-18)20-11-5-8-16-7-3-4-10-19(16)20;1-12-10-19-14(3)7-9-18(20(19)11-12)17-8-6-13(2)15(4)16(17)5;1-3-2;;;/h3-15H,1-2H3;6-11H,1-5H3;3H,1-2H3;2*1H;/q;;;;;+2/p-2. The van der Waals surface area contributed by atoms with Crippen LogP contribution in [0.15, 0.2) is 96.1 Å². The molecule has 2 aliphatic rings. The summed E-state index contributed by atoms with van der Waals surface area (Å²) in [5, 5.41) is 2.54. The molecule has 48 heavy (non-hydrogen) atoms. The molecule has 0 aromatic heterocycles. The van der Waals surface area contributed by atoms with E-state index >= 15 is 0 Å². The second kappa shape index (κ2) is 12.1. The number of halogens is 2. The summed E-state index contributed by atoms with van der Waals surface area (Å²) >= 11 is -4.89. The molecular weight excluding hydrogens is 719 g/mol. The Labute approximate surface area is 296 Å². The fourth-order valence-corrected chi connectivity index (χ4v) is 41.3. The molecule has 5 aromatic rings. The molecule has 0 N–H and O–H groups in total. The van der Waals surface area contributed by atoms with Crippen LogP contribution in [-0.4, -0.2) is 5.92 Å². The third-order valence-electron chi connectivity index (χ3n) is 12.0. The Balaban J connectivity index is 1.48. The zero-order valence-corrected chi connectivity index (χ0v) is 34.9. The van der Waals surface area contributed by atoms with E-state index in [0.29, 0.717) is 5.92 Å². The van der Waals surface area contributed by atoms with Crippen molar-refractivity contribution in [2.75, 3.05) is 0 Å². The zero-order chi connectivity index (χ0) is 34.3. The van der Waals surface area contributed by atoms with E-state index in [0.717, 1.165) is 0 Å². The second-order valence-corrected chi connectivity index (χ2v) is 57.7. The number of aryl methyl sites for hydroxylation is 2. The van der Waals surface area contributed by atoms with Gasteiger partial charge in [-0.3, -0.25) is 0 Å². The van der Waals surface area contributed by atoms with E-state index in [4.69, 9.17) is 17.0 Å². The number of allylic oxidation sites excluding steroid dienone is 2. The molecule has 0 saturated heterocycles. The van der Waals surface area contributed by atoms with Crippen molar-refractivity contribution in [3.05, 3.63) is 141 Å². The van der Waals surface area contributed by atoms with E-state index < -0.39 is 21.5 Å². The van der Waals surface area contributed by atoms with E-state index in [1.807, 2.05) is 0 Å². The average molecular weight is 766 g/mol. The van der Waals surface area contributed by atoms with Crippen molar-refractivity contribution < 1.29 is 15.6 Å². The molecular formula is C44H47Cl2SiZr. The molecule has 245 valence electrons. The van der Waals surface area contributed by atoms with Crippen molar-refractivity contribution in [3.8, 4) is 22.3 Å². The Morgan fingerprint density at radius 2 is 1.23 bits per heavy atom. The molecule has 2 unspecified atom stereocenters. The van der Waals surface area contributed by atoms with Crippen LogP contribution in [0.25, 0.3) is 45.2 Å². The second-order valence-electron chi connectivity index (χ2n) is 15.2. The minimum atomic E-state index is -4.89. The maximum absolute atomic E-state index is 8.73. The van der Waals surface area contributed by atoms with Gasteiger partial charge in [0.05, 0.1) is 0 Å². The van der Waals surface area contributed by atoms with Gasteiger partial charge < -0.3 is 0 Å². The molecule has 0 heterocycles. The summed E-state index contributed by atoms with van der Waals surface area (Å²) in [6.45, 7) is 20.9. The fourth-order valence-electron chi connectivity index (χ4n) is 9.09. The van der Waals surface area contributed by atoms with Gasteiger partial charge in [0.15, 0.2) is 0 Å². The number of rotatable bonds is 6. The number of hydrogen-bond acceptors (Lipinski definition) is 0. The summed E-state index contributed by atoms with van der Waals surface area (Å²) in [5.74, 6) is -1.33. The van der Waals surface area contributed by atoms with Crippen LogP contribution in [0, 0.1) is 33.6 Å².